The first kappa shape index (κ1) is 17.3. The number of nitrogens with one attached hydrogen (secondary N) is 1. The summed E-state index contributed by atoms with van der Waals surface area (Å²) in [6, 6.07) is 13.7. The van der Waals surface area contributed by atoms with Crippen molar-refractivity contribution < 1.29 is 9.90 Å². The highest BCUT2D eigenvalue weighted by Gasteiger charge is 2.32. The third-order valence-electron chi connectivity index (χ3n) is 4.98. The molecule has 0 spiro atoms. The number of aliphatic carboxylic acids is 1. The number of aromatic nitrogens is 4. The van der Waals surface area contributed by atoms with Gasteiger partial charge in [-0.25, -0.2) is 4.98 Å². The van der Waals surface area contributed by atoms with Crippen molar-refractivity contribution >= 4 is 27.9 Å². The number of carboxylic acids is 1. The zero-order valence-electron chi connectivity index (χ0n) is 15.6. The van der Waals surface area contributed by atoms with Crippen molar-refractivity contribution in [2.45, 2.75) is 33.2 Å². The van der Waals surface area contributed by atoms with Crippen LogP contribution < -0.4 is 0 Å². The second-order valence-corrected chi connectivity index (χ2v) is 7.95. The molecule has 0 aliphatic carbocycles. The normalized spacial score (nSPS) is 13.3. The van der Waals surface area contributed by atoms with Gasteiger partial charge in [-0.05, 0) is 23.6 Å². The SMILES string of the molecule is CC(C)(C)[C@H](CC(=O)O)n1c(-c2ccc3cn[nH]c3c2)nc2ccccc21. The summed E-state index contributed by atoms with van der Waals surface area (Å²) in [5, 5.41) is 17.7. The average molecular weight is 362 g/mol. The molecule has 6 heteroatoms. The zero-order chi connectivity index (χ0) is 19.2. The molecule has 1 atom stereocenters. The van der Waals surface area contributed by atoms with Crippen LogP contribution in [-0.4, -0.2) is 30.8 Å². The highest BCUT2D eigenvalue weighted by molar-refractivity contribution is 5.86. The van der Waals surface area contributed by atoms with E-state index < -0.39 is 5.97 Å². The van der Waals surface area contributed by atoms with Gasteiger partial charge in [-0.3, -0.25) is 9.89 Å². The molecule has 0 saturated heterocycles. The number of H-pyrrole nitrogens is 1. The van der Waals surface area contributed by atoms with Crippen LogP contribution in [0.1, 0.15) is 33.2 Å². The number of para-hydroxylation sites is 2. The molecular weight excluding hydrogens is 340 g/mol. The Morgan fingerprint density at radius 1 is 1.22 bits per heavy atom. The van der Waals surface area contributed by atoms with Crippen molar-refractivity contribution in [1.82, 2.24) is 19.7 Å². The lowest BCUT2D eigenvalue weighted by Crippen LogP contribution is -2.27. The smallest absolute Gasteiger partial charge is 0.305 e. The summed E-state index contributed by atoms with van der Waals surface area (Å²) < 4.78 is 2.08. The standard InChI is InChI=1S/C21H22N4O2/c1-21(2,3)18(11-19(26)27)25-17-7-5-4-6-15(17)23-20(25)13-8-9-14-12-22-24-16(14)10-13/h4-10,12,18H,11H2,1-3H3,(H,22,24)(H,26,27)/t18-/m0/s1. The van der Waals surface area contributed by atoms with Crippen LogP contribution in [0, 0.1) is 5.41 Å². The second kappa shape index (κ2) is 6.23. The third-order valence-corrected chi connectivity index (χ3v) is 4.98. The van der Waals surface area contributed by atoms with E-state index in [1.54, 1.807) is 6.20 Å². The summed E-state index contributed by atoms with van der Waals surface area (Å²) in [5.74, 6) is -0.0449. The monoisotopic (exact) mass is 362 g/mol. The van der Waals surface area contributed by atoms with Gasteiger partial charge in [0, 0.05) is 10.9 Å². The molecule has 2 aromatic carbocycles. The van der Waals surface area contributed by atoms with Crippen molar-refractivity contribution in [2.24, 2.45) is 5.41 Å². The van der Waals surface area contributed by atoms with Gasteiger partial charge in [0.2, 0.25) is 0 Å². The Kier molecular flexibility index (Phi) is 3.98. The van der Waals surface area contributed by atoms with E-state index in [0.717, 1.165) is 33.3 Å². The van der Waals surface area contributed by atoms with Crippen molar-refractivity contribution in [3.63, 3.8) is 0 Å². The number of hydrogen-bond donors (Lipinski definition) is 2. The minimum atomic E-state index is -0.817. The van der Waals surface area contributed by atoms with Gasteiger partial charge >= 0.3 is 5.97 Å². The van der Waals surface area contributed by atoms with Crippen LogP contribution in [0.2, 0.25) is 0 Å². The second-order valence-electron chi connectivity index (χ2n) is 7.95. The maximum absolute atomic E-state index is 11.6. The first-order chi connectivity index (χ1) is 12.8. The van der Waals surface area contributed by atoms with Crippen molar-refractivity contribution in [3.05, 3.63) is 48.7 Å². The lowest BCUT2D eigenvalue weighted by molar-refractivity contribution is -0.138. The molecule has 0 aliphatic rings. The van der Waals surface area contributed by atoms with Crippen molar-refractivity contribution in [2.75, 3.05) is 0 Å². The van der Waals surface area contributed by atoms with E-state index in [1.165, 1.54) is 0 Å². The minimum absolute atomic E-state index is 0.0309. The predicted octanol–water partition coefficient (Wildman–Crippen LogP) is 4.64. The van der Waals surface area contributed by atoms with Gasteiger partial charge in [-0.15, -0.1) is 0 Å². The molecule has 0 bridgehead atoms. The molecule has 0 radical (unpaired) electrons. The maximum Gasteiger partial charge on any atom is 0.305 e. The lowest BCUT2D eigenvalue weighted by atomic mass is 9.84. The van der Waals surface area contributed by atoms with E-state index in [-0.39, 0.29) is 17.9 Å². The molecule has 0 amide bonds. The number of benzene rings is 2. The molecule has 138 valence electrons. The summed E-state index contributed by atoms with van der Waals surface area (Å²) in [4.78, 5) is 16.5. The summed E-state index contributed by atoms with van der Waals surface area (Å²) in [6.45, 7) is 6.20. The number of carbonyl (C=O) groups is 1. The summed E-state index contributed by atoms with van der Waals surface area (Å²) in [5.41, 5.74) is 3.41. The third kappa shape index (κ3) is 3.07. The Morgan fingerprint density at radius 2 is 2.00 bits per heavy atom. The highest BCUT2D eigenvalue weighted by atomic mass is 16.4. The Hall–Kier alpha value is -3.15. The van der Waals surface area contributed by atoms with E-state index in [9.17, 15) is 9.90 Å². The number of fused-ring (bicyclic) bond motifs is 2. The van der Waals surface area contributed by atoms with E-state index in [2.05, 4.69) is 35.5 Å². The van der Waals surface area contributed by atoms with E-state index in [0.29, 0.717) is 0 Å². The fourth-order valence-electron chi connectivity index (χ4n) is 3.59. The fraction of sp³-hybridized carbons (Fsp3) is 0.286. The molecule has 0 aliphatic heterocycles. The molecule has 2 N–H and O–H groups in total. The number of rotatable bonds is 4. The number of hydrogen-bond acceptors (Lipinski definition) is 3. The number of carboxylic acid groups (broad SMARTS) is 1. The quantitative estimate of drug-likeness (QED) is 0.554. The van der Waals surface area contributed by atoms with Gasteiger partial charge in [-0.2, -0.15) is 5.10 Å². The van der Waals surface area contributed by atoms with Gasteiger partial charge in [-0.1, -0.05) is 45.0 Å². The molecule has 6 nitrogen and oxygen atoms in total. The van der Waals surface area contributed by atoms with E-state index in [4.69, 9.17) is 4.98 Å². The molecule has 4 rings (SSSR count). The Morgan fingerprint density at radius 3 is 2.74 bits per heavy atom. The zero-order valence-corrected chi connectivity index (χ0v) is 15.6. The molecule has 2 aromatic heterocycles. The average Bonchev–Trinajstić information content (AvgIpc) is 3.22. The van der Waals surface area contributed by atoms with Gasteiger partial charge in [0.25, 0.3) is 0 Å². The molecular formula is C21H22N4O2. The Balaban J connectivity index is 2.00. The minimum Gasteiger partial charge on any atom is -0.481 e. The molecule has 2 heterocycles. The first-order valence-electron chi connectivity index (χ1n) is 8.97. The maximum atomic E-state index is 11.6. The largest absolute Gasteiger partial charge is 0.481 e. The van der Waals surface area contributed by atoms with Crippen LogP contribution in [0.25, 0.3) is 33.3 Å². The van der Waals surface area contributed by atoms with Gasteiger partial charge < -0.3 is 9.67 Å². The van der Waals surface area contributed by atoms with Crippen LogP contribution in [0.3, 0.4) is 0 Å². The molecule has 0 unspecified atom stereocenters. The van der Waals surface area contributed by atoms with Crippen molar-refractivity contribution in [1.29, 1.82) is 0 Å². The van der Waals surface area contributed by atoms with Crippen LogP contribution in [0.15, 0.2) is 48.7 Å². The van der Waals surface area contributed by atoms with Gasteiger partial charge in [0.05, 0.1) is 35.2 Å². The number of aromatic amines is 1. The topological polar surface area (TPSA) is 83.8 Å². The van der Waals surface area contributed by atoms with Crippen LogP contribution in [-0.2, 0) is 4.79 Å². The van der Waals surface area contributed by atoms with Gasteiger partial charge in [0.15, 0.2) is 0 Å². The fourth-order valence-corrected chi connectivity index (χ4v) is 3.59. The predicted molar refractivity (Wildman–Crippen MR) is 106 cm³/mol. The molecule has 27 heavy (non-hydrogen) atoms. The van der Waals surface area contributed by atoms with E-state index in [1.807, 2.05) is 42.5 Å². The Labute approximate surface area is 156 Å². The van der Waals surface area contributed by atoms with Crippen LogP contribution in [0.4, 0.5) is 0 Å². The Bertz CT molecular complexity index is 1130. The van der Waals surface area contributed by atoms with E-state index >= 15 is 0 Å². The number of nitrogens with zero attached hydrogens (tertiary/aromatic N) is 3. The molecule has 4 aromatic rings. The lowest BCUT2D eigenvalue weighted by Gasteiger charge is -2.32. The van der Waals surface area contributed by atoms with Crippen LogP contribution in [0.5, 0.6) is 0 Å². The van der Waals surface area contributed by atoms with Crippen molar-refractivity contribution in [3.8, 4) is 11.4 Å². The molecule has 0 saturated carbocycles. The van der Waals surface area contributed by atoms with Gasteiger partial charge in [0.1, 0.15) is 5.82 Å². The summed E-state index contributed by atoms with van der Waals surface area (Å²) in [7, 11) is 0. The number of imidazole rings is 1. The van der Waals surface area contributed by atoms with Crippen LogP contribution >= 0.6 is 0 Å². The summed E-state index contributed by atoms with van der Waals surface area (Å²) in [6.07, 6.45) is 1.81. The summed E-state index contributed by atoms with van der Waals surface area (Å²) >= 11 is 0. The molecule has 0 fully saturated rings. The first-order valence-corrected chi connectivity index (χ1v) is 8.97. The highest BCUT2D eigenvalue weighted by Crippen LogP contribution is 2.39.